The fourth-order valence-corrected chi connectivity index (χ4v) is 3.55. The van der Waals surface area contributed by atoms with Gasteiger partial charge in [0, 0.05) is 29.7 Å². The van der Waals surface area contributed by atoms with E-state index in [1.165, 1.54) is 0 Å². The highest BCUT2D eigenvalue weighted by molar-refractivity contribution is 6.04. The maximum absolute atomic E-state index is 12.3. The molecule has 0 atom stereocenters. The van der Waals surface area contributed by atoms with Crippen molar-refractivity contribution in [3.05, 3.63) is 90.0 Å². The van der Waals surface area contributed by atoms with E-state index in [0.717, 1.165) is 41.0 Å². The van der Waals surface area contributed by atoms with Crippen molar-refractivity contribution in [2.75, 3.05) is 0 Å². The molecule has 3 aromatic rings. The summed E-state index contributed by atoms with van der Waals surface area (Å²) in [5.41, 5.74) is 6.92. The topological polar surface area (TPSA) is 67.8 Å². The van der Waals surface area contributed by atoms with Crippen molar-refractivity contribution in [1.29, 1.82) is 0 Å². The Morgan fingerprint density at radius 1 is 0.903 bits per heavy atom. The SMILES string of the molecule is O=C1CCC/C(=N/NC(=O)c2ccc(COc3ccccc3-c3ccccc3)cc2)C1. The predicted octanol–water partition coefficient (Wildman–Crippen LogP) is 5.16. The van der Waals surface area contributed by atoms with E-state index in [9.17, 15) is 9.59 Å². The first-order valence-corrected chi connectivity index (χ1v) is 10.4. The van der Waals surface area contributed by atoms with E-state index >= 15 is 0 Å². The number of hydrogen-bond donors (Lipinski definition) is 1. The molecule has 1 N–H and O–H groups in total. The van der Waals surface area contributed by atoms with E-state index < -0.39 is 0 Å². The Morgan fingerprint density at radius 2 is 1.65 bits per heavy atom. The quantitative estimate of drug-likeness (QED) is 0.569. The van der Waals surface area contributed by atoms with Crippen molar-refractivity contribution >= 4 is 17.4 Å². The van der Waals surface area contributed by atoms with Crippen molar-refractivity contribution in [3.8, 4) is 16.9 Å². The van der Waals surface area contributed by atoms with Gasteiger partial charge in [-0.3, -0.25) is 9.59 Å². The van der Waals surface area contributed by atoms with E-state index in [-0.39, 0.29) is 11.7 Å². The Balaban J connectivity index is 1.37. The number of para-hydroxylation sites is 1. The van der Waals surface area contributed by atoms with Gasteiger partial charge in [-0.05, 0) is 42.2 Å². The first-order valence-electron chi connectivity index (χ1n) is 10.4. The van der Waals surface area contributed by atoms with Crippen LogP contribution >= 0.6 is 0 Å². The molecule has 0 aromatic heterocycles. The molecule has 0 bridgehead atoms. The normalized spacial score (nSPS) is 15.0. The second-order valence-corrected chi connectivity index (χ2v) is 7.54. The Kier molecular flexibility index (Phi) is 6.53. The highest BCUT2D eigenvalue weighted by Crippen LogP contribution is 2.30. The van der Waals surface area contributed by atoms with Crippen molar-refractivity contribution < 1.29 is 14.3 Å². The highest BCUT2D eigenvalue weighted by atomic mass is 16.5. The zero-order valence-electron chi connectivity index (χ0n) is 17.2. The highest BCUT2D eigenvalue weighted by Gasteiger charge is 2.15. The number of benzene rings is 3. The number of ketones is 1. The van der Waals surface area contributed by atoms with Crippen LogP contribution in [0.4, 0.5) is 0 Å². The molecular formula is C26H24N2O3. The number of carbonyl (C=O) groups is 2. The lowest BCUT2D eigenvalue weighted by molar-refractivity contribution is -0.118. The van der Waals surface area contributed by atoms with E-state index in [4.69, 9.17) is 4.74 Å². The van der Waals surface area contributed by atoms with E-state index in [1.807, 2.05) is 54.6 Å². The molecule has 5 nitrogen and oxygen atoms in total. The van der Waals surface area contributed by atoms with Crippen LogP contribution in [0.3, 0.4) is 0 Å². The van der Waals surface area contributed by atoms with Crippen molar-refractivity contribution in [2.24, 2.45) is 5.10 Å². The van der Waals surface area contributed by atoms with Gasteiger partial charge < -0.3 is 4.74 Å². The molecule has 0 heterocycles. The maximum Gasteiger partial charge on any atom is 0.271 e. The summed E-state index contributed by atoms with van der Waals surface area (Å²) < 4.78 is 6.06. The molecule has 0 radical (unpaired) electrons. The van der Waals surface area contributed by atoms with Crippen molar-refractivity contribution in [2.45, 2.75) is 32.3 Å². The number of nitrogens with zero attached hydrogens (tertiary/aromatic N) is 1. The molecule has 0 spiro atoms. The Bertz CT molecular complexity index is 1090. The molecule has 1 aliphatic carbocycles. The van der Waals surface area contributed by atoms with Crippen LogP contribution < -0.4 is 10.2 Å². The number of amides is 1. The number of nitrogens with one attached hydrogen (secondary N) is 1. The lowest BCUT2D eigenvalue weighted by atomic mass is 9.97. The zero-order chi connectivity index (χ0) is 21.5. The second kappa shape index (κ2) is 9.85. The van der Waals surface area contributed by atoms with Gasteiger partial charge in [0.25, 0.3) is 5.91 Å². The number of rotatable bonds is 6. The van der Waals surface area contributed by atoms with Gasteiger partial charge in [-0.2, -0.15) is 5.10 Å². The van der Waals surface area contributed by atoms with E-state index in [2.05, 4.69) is 22.7 Å². The first-order chi connectivity index (χ1) is 15.2. The van der Waals surface area contributed by atoms with Crippen LogP contribution in [0.2, 0.25) is 0 Å². The second-order valence-electron chi connectivity index (χ2n) is 7.54. The Morgan fingerprint density at radius 3 is 2.42 bits per heavy atom. The van der Waals surface area contributed by atoms with E-state index in [1.54, 1.807) is 12.1 Å². The third kappa shape index (κ3) is 5.45. The summed E-state index contributed by atoms with van der Waals surface area (Å²) in [5.74, 6) is 0.707. The Labute approximate surface area is 181 Å². The van der Waals surface area contributed by atoms with Gasteiger partial charge in [-0.15, -0.1) is 0 Å². The molecule has 31 heavy (non-hydrogen) atoms. The van der Waals surface area contributed by atoms with Crippen LogP contribution in [-0.4, -0.2) is 17.4 Å². The molecule has 4 rings (SSSR count). The summed E-state index contributed by atoms with van der Waals surface area (Å²) in [7, 11) is 0. The summed E-state index contributed by atoms with van der Waals surface area (Å²) in [4.78, 5) is 23.8. The van der Waals surface area contributed by atoms with Crippen LogP contribution in [0.15, 0.2) is 84.0 Å². The van der Waals surface area contributed by atoms with Crippen LogP contribution in [0.25, 0.3) is 11.1 Å². The average Bonchev–Trinajstić information content (AvgIpc) is 2.82. The number of ether oxygens (including phenoxy) is 1. The van der Waals surface area contributed by atoms with Gasteiger partial charge in [0.05, 0.1) is 0 Å². The number of Topliss-reactive ketones (excluding diaryl/α,β-unsaturated/α-hetero) is 1. The molecule has 1 amide bonds. The first kappa shape index (κ1) is 20.5. The molecule has 3 aromatic carbocycles. The summed E-state index contributed by atoms with van der Waals surface area (Å²) in [6.07, 6.45) is 2.50. The minimum atomic E-state index is -0.285. The smallest absolute Gasteiger partial charge is 0.271 e. The molecule has 0 unspecified atom stereocenters. The molecule has 1 aliphatic rings. The van der Waals surface area contributed by atoms with E-state index in [0.29, 0.717) is 25.0 Å². The lowest BCUT2D eigenvalue weighted by Crippen LogP contribution is -2.22. The maximum atomic E-state index is 12.3. The lowest BCUT2D eigenvalue weighted by Gasteiger charge is -2.12. The molecular weight excluding hydrogens is 388 g/mol. The standard InChI is InChI=1S/C26H24N2O3/c29-23-10-6-9-22(17-23)27-28-26(30)21-15-13-19(14-16-21)18-31-25-12-5-4-11-24(25)20-7-2-1-3-8-20/h1-5,7-8,11-16H,6,9-10,17-18H2,(H,28,30)/b27-22-. The zero-order valence-corrected chi connectivity index (χ0v) is 17.2. The minimum Gasteiger partial charge on any atom is -0.488 e. The van der Waals surface area contributed by atoms with Crippen LogP contribution in [0.5, 0.6) is 5.75 Å². The van der Waals surface area contributed by atoms with Gasteiger partial charge in [0.2, 0.25) is 0 Å². The van der Waals surface area contributed by atoms with Crippen molar-refractivity contribution in [3.63, 3.8) is 0 Å². The monoisotopic (exact) mass is 412 g/mol. The third-order valence-electron chi connectivity index (χ3n) is 5.22. The largest absolute Gasteiger partial charge is 0.488 e. The molecule has 0 saturated heterocycles. The fraction of sp³-hybridized carbons (Fsp3) is 0.192. The van der Waals surface area contributed by atoms with Crippen LogP contribution in [0, 0.1) is 0 Å². The van der Waals surface area contributed by atoms with Gasteiger partial charge in [-0.25, -0.2) is 5.43 Å². The summed E-state index contributed by atoms with van der Waals surface area (Å²) >= 11 is 0. The summed E-state index contributed by atoms with van der Waals surface area (Å²) in [5, 5.41) is 4.12. The molecule has 1 fully saturated rings. The minimum absolute atomic E-state index is 0.178. The van der Waals surface area contributed by atoms with Gasteiger partial charge in [0.15, 0.2) is 0 Å². The predicted molar refractivity (Wildman–Crippen MR) is 121 cm³/mol. The van der Waals surface area contributed by atoms with Gasteiger partial charge >= 0.3 is 0 Å². The summed E-state index contributed by atoms with van der Waals surface area (Å²) in [6, 6.07) is 25.3. The van der Waals surface area contributed by atoms with Crippen molar-refractivity contribution in [1.82, 2.24) is 5.43 Å². The molecule has 0 aliphatic heterocycles. The van der Waals surface area contributed by atoms with Crippen LogP contribution in [-0.2, 0) is 11.4 Å². The van der Waals surface area contributed by atoms with Gasteiger partial charge in [0.1, 0.15) is 18.1 Å². The molecule has 5 heteroatoms. The summed E-state index contributed by atoms with van der Waals surface area (Å²) in [6.45, 7) is 0.399. The fourth-order valence-electron chi connectivity index (χ4n) is 3.55. The number of hydrazone groups is 1. The number of hydrogen-bond acceptors (Lipinski definition) is 4. The van der Waals surface area contributed by atoms with Gasteiger partial charge in [-0.1, -0.05) is 60.7 Å². The average molecular weight is 412 g/mol. The molecule has 1 saturated carbocycles. The van der Waals surface area contributed by atoms with Crippen LogP contribution in [0.1, 0.15) is 41.6 Å². The third-order valence-corrected chi connectivity index (χ3v) is 5.22. The molecule has 156 valence electrons. The Hall–Kier alpha value is -3.73. The number of carbonyl (C=O) groups excluding carboxylic acids is 2.